The number of anilines is 1. The molecule has 0 bridgehead atoms. The summed E-state index contributed by atoms with van der Waals surface area (Å²) in [5.74, 6) is 1.02. The first-order valence-electron chi connectivity index (χ1n) is 6.60. The van der Waals surface area contributed by atoms with Crippen molar-refractivity contribution in [2.45, 2.75) is 6.42 Å². The lowest BCUT2D eigenvalue weighted by molar-refractivity contribution is -0.124. The van der Waals surface area contributed by atoms with Crippen LogP contribution in [0, 0.1) is 5.92 Å². The highest BCUT2D eigenvalue weighted by atomic mass is 16.5. The maximum Gasteiger partial charge on any atom is 0.224 e. The van der Waals surface area contributed by atoms with Gasteiger partial charge in [0.1, 0.15) is 12.4 Å². The second-order valence-corrected chi connectivity index (χ2v) is 4.96. The van der Waals surface area contributed by atoms with Gasteiger partial charge >= 0.3 is 0 Å². The van der Waals surface area contributed by atoms with Gasteiger partial charge in [0, 0.05) is 12.2 Å². The number of hydrogen-bond acceptors (Lipinski definition) is 4. The van der Waals surface area contributed by atoms with E-state index in [-0.39, 0.29) is 11.8 Å². The Kier molecular flexibility index (Phi) is 4.63. The third-order valence-electron chi connectivity index (χ3n) is 3.31. The molecule has 1 amide bonds. The van der Waals surface area contributed by atoms with E-state index in [1.54, 1.807) is 12.1 Å². The Morgan fingerprint density at radius 3 is 2.84 bits per heavy atom. The van der Waals surface area contributed by atoms with Crippen LogP contribution in [-0.2, 0) is 4.79 Å². The number of nitrogens with two attached hydrogens (primary N) is 1. The number of rotatable bonds is 5. The lowest BCUT2D eigenvalue weighted by Crippen LogP contribution is -2.34. The Balaban J connectivity index is 1.64. The molecule has 1 aliphatic heterocycles. The van der Waals surface area contributed by atoms with E-state index < -0.39 is 0 Å². The fraction of sp³-hybridized carbons (Fsp3) is 0.500. The van der Waals surface area contributed by atoms with Crippen molar-refractivity contribution in [3.05, 3.63) is 24.3 Å². The van der Waals surface area contributed by atoms with Crippen molar-refractivity contribution in [3.63, 3.8) is 0 Å². The molecule has 1 unspecified atom stereocenters. The minimum absolute atomic E-state index is 0.126. The van der Waals surface area contributed by atoms with Crippen LogP contribution in [0.25, 0.3) is 0 Å². The molecule has 0 saturated carbocycles. The van der Waals surface area contributed by atoms with Gasteiger partial charge in [-0.25, -0.2) is 0 Å². The van der Waals surface area contributed by atoms with Gasteiger partial charge in [-0.15, -0.1) is 0 Å². The summed E-state index contributed by atoms with van der Waals surface area (Å²) in [6.07, 6.45) is 0.946. The fourth-order valence-corrected chi connectivity index (χ4v) is 2.20. The number of ether oxygens (including phenoxy) is 1. The number of nitrogens with one attached hydrogen (secondary N) is 1. The summed E-state index contributed by atoms with van der Waals surface area (Å²) in [7, 11) is 2.04. The van der Waals surface area contributed by atoms with Crippen LogP contribution in [0.3, 0.4) is 0 Å². The zero-order valence-electron chi connectivity index (χ0n) is 11.3. The quantitative estimate of drug-likeness (QED) is 0.606. The number of carbonyl (C=O) groups excluding carboxylic acids is 1. The van der Waals surface area contributed by atoms with E-state index in [2.05, 4.69) is 10.2 Å². The van der Waals surface area contributed by atoms with Crippen molar-refractivity contribution in [1.29, 1.82) is 0 Å². The summed E-state index contributed by atoms with van der Waals surface area (Å²) in [6, 6.07) is 7.23. The first kappa shape index (κ1) is 13.7. The first-order valence-corrected chi connectivity index (χ1v) is 6.60. The molecule has 3 N–H and O–H groups in total. The lowest BCUT2D eigenvalue weighted by atomic mass is 10.1. The number of likely N-dealkylation sites (tertiary alicyclic amines) is 1. The molecule has 0 radical (unpaired) electrons. The number of nitrogen functional groups attached to an aromatic ring is 1. The van der Waals surface area contributed by atoms with E-state index in [9.17, 15) is 4.79 Å². The molecule has 0 spiro atoms. The van der Waals surface area contributed by atoms with Crippen LogP contribution in [0.1, 0.15) is 6.42 Å². The average Bonchev–Trinajstić information content (AvgIpc) is 2.83. The number of carbonyl (C=O) groups is 1. The average molecular weight is 263 g/mol. The SMILES string of the molecule is CN1CCC(C(=O)NCCOc2ccc(N)cc2)C1. The number of hydrogen-bond donors (Lipinski definition) is 2. The molecule has 19 heavy (non-hydrogen) atoms. The highest BCUT2D eigenvalue weighted by Crippen LogP contribution is 2.14. The van der Waals surface area contributed by atoms with Crippen LogP contribution in [0.2, 0.25) is 0 Å². The van der Waals surface area contributed by atoms with Gasteiger partial charge in [0.15, 0.2) is 0 Å². The van der Waals surface area contributed by atoms with Gasteiger partial charge in [-0.05, 0) is 44.3 Å². The maximum absolute atomic E-state index is 11.8. The van der Waals surface area contributed by atoms with Crippen molar-refractivity contribution < 1.29 is 9.53 Å². The zero-order chi connectivity index (χ0) is 13.7. The van der Waals surface area contributed by atoms with Crippen LogP contribution in [0.15, 0.2) is 24.3 Å². The Bertz CT molecular complexity index is 419. The number of nitrogens with zero attached hydrogens (tertiary/aromatic N) is 1. The van der Waals surface area contributed by atoms with Crippen molar-refractivity contribution >= 4 is 11.6 Å². The molecule has 1 fully saturated rings. The molecule has 1 heterocycles. The van der Waals surface area contributed by atoms with Crippen LogP contribution in [0.4, 0.5) is 5.69 Å². The van der Waals surface area contributed by atoms with E-state index in [1.807, 2.05) is 19.2 Å². The van der Waals surface area contributed by atoms with Gasteiger partial charge in [-0.1, -0.05) is 0 Å². The minimum Gasteiger partial charge on any atom is -0.492 e. The van der Waals surface area contributed by atoms with Crippen molar-refractivity contribution in [3.8, 4) is 5.75 Å². The van der Waals surface area contributed by atoms with Crippen LogP contribution >= 0.6 is 0 Å². The molecule has 1 atom stereocenters. The van der Waals surface area contributed by atoms with Crippen LogP contribution < -0.4 is 15.8 Å². The molecule has 104 valence electrons. The maximum atomic E-state index is 11.8. The van der Waals surface area contributed by atoms with Gasteiger partial charge in [0.2, 0.25) is 5.91 Å². The molecule has 0 aromatic heterocycles. The molecule has 1 saturated heterocycles. The van der Waals surface area contributed by atoms with E-state index in [0.717, 1.165) is 25.3 Å². The molecule has 2 rings (SSSR count). The summed E-state index contributed by atoms with van der Waals surface area (Å²) >= 11 is 0. The largest absolute Gasteiger partial charge is 0.492 e. The normalized spacial score (nSPS) is 19.3. The Hall–Kier alpha value is -1.75. The Morgan fingerprint density at radius 1 is 1.47 bits per heavy atom. The van der Waals surface area contributed by atoms with Crippen LogP contribution in [-0.4, -0.2) is 44.1 Å². The smallest absolute Gasteiger partial charge is 0.224 e. The zero-order valence-corrected chi connectivity index (χ0v) is 11.3. The van der Waals surface area contributed by atoms with Crippen LogP contribution in [0.5, 0.6) is 5.75 Å². The molecular formula is C14H21N3O2. The van der Waals surface area contributed by atoms with Gasteiger partial charge < -0.3 is 20.7 Å². The van der Waals surface area contributed by atoms with E-state index in [4.69, 9.17) is 10.5 Å². The summed E-state index contributed by atoms with van der Waals surface area (Å²) < 4.78 is 5.51. The van der Waals surface area contributed by atoms with Gasteiger partial charge in [-0.2, -0.15) is 0 Å². The molecule has 1 aromatic carbocycles. The topological polar surface area (TPSA) is 67.6 Å². The second kappa shape index (κ2) is 6.43. The van der Waals surface area contributed by atoms with E-state index >= 15 is 0 Å². The monoisotopic (exact) mass is 263 g/mol. The van der Waals surface area contributed by atoms with Crippen molar-refractivity contribution in [1.82, 2.24) is 10.2 Å². The first-order chi connectivity index (χ1) is 9.15. The van der Waals surface area contributed by atoms with Gasteiger partial charge in [0.25, 0.3) is 0 Å². The Labute approximate surface area is 113 Å². The molecule has 5 heteroatoms. The summed E-state index contributed by atoms with van der Waals surface area (Å²) in [6.45, 7) is 2.85. The predicted octanol–water partition coefficient (Wildman–Crippen LogP) is 0.716. The van der Waals surface area contributed by atoms with Crippen molar-refractivity contribution in [2.24, 2.45) is 5.92 Å². The molecule has 5 nitrogen and oxygen atoms in total. The highest BCUT2D eigenvalue weighted by molar-refractivity contribution is 5.79. The predicted molar refractivity (Wildman–Crippen MR) is 75.0 cm³/mol. The van der Waals surface area contributed by atoms with Gasteiger partial charge in [-0.3, -0.25) is 4.79 Å². The molecule has 1 aliphatic rings. The molecule has 0 aliphatic carbocycles. The van der Waals surface area contributed by atoms with Crippen molar-refractivity contribution in [2.75, 3.05) is 39.0 Å². The second-order valence-electron chi connectivity index (χ2n) is 4.96. The summed E-state index contributed by atoms with van der Waals surface area (Å²) in [4.78, 5) is 14.0. The molecular weight excluding hydrogens is 242 g/mol. The fourth-order valence-electron chi connectivity index (χ4n) is 2.20. The number of benzene rings is 1. The van der Waals surface area contributed by atoms with E-state index in [0.29, 0.717) is 18.8 Å². The lowest BCUT2D eigenvalue weighted by Gasteiger charge is -2.12. The van der Waals surface area contributed by atoms with E-state index in [1.165, 1.54) is 0 Å². The molecule has 1 aromatic rings. The number of amides is 1. The Morgan fingerprint density at radius 2 is 2.21 bits per heavy atom. The third-order valence-corrected chi connectivity index (χ3v) is 3.31. The summed E-state index contributed by atoms with van der Waals surface area (Å²) in [5.41, 5.74) is 6.30. The minimum atomic E-state index is 0.126. The van der Waals surface area contributed by atoms with Gasteiger partial charge in [0.05, 0.1) is 12.5 Å². The summed E-state index contributed by atoms with van der Waals surface area (Å²) in [5, 5.41) is 2.91. The third kappa shape index (κ3) is 4.13. The standard InChI is InChI=1S/C14H21N3O2/c1-17-8-6-11(10-17)14(18)16-7-9-19-13-4-2-12(15)3-5-13/h2-5,11H,6-10,15H2,1H3,(H,16,18). The highest BCUT2D eigenvalue weighted by Gasteiger charge is 2.25.